The summed E-state index contributed by atoms with van der Waals surface area (Å²) in [5, 5.41) is 9.80. The van der Waals surface area contributed by atoms with Gasteiger partial charge >= 0.3 is 12.1 Å². The highest BCUT2D eigenvalue weighted by atomic mass is 32.2. The average molecular weight is 478 g/mol. The molecule has 0 radical (unpaired) electrons. The fourth-order valence-corrected chi connectivity index (χ4v) is 5.61. The number of sulfonamides is 1. The molecule has 0 aliphatic carbocycles. The van der Waals surface area contributed by atoms with Crippen molar-refractivity contribution in [2.24, 2.45) is 0 Å². The first-order chi connectivity index (χ1) is 15.6. The fraction of sp³-hybridized carbons (Fsp3) is 0.304. The van der Waals surface area contributed by atoms with E-state index in [1.54, 1.807) is 0 Å². The molecule has 10 heteroatoms. The third-order valence-electron chi connectivity index (χ3n) is 5.72. The van der Waals surface area contributed by atoms with Crippen LogP contribution in [0.15, 0.2) is 53.4 Å². The lowest BCUT2D eigenvalue weighted by atomic mass is 10.00. The maximum atomic E-state index is 13.5. The summed E-state index contributed by atoms with van der Waals surface area (Å²) in [5.74, 6) is -1.39. The van der Waals surface area contributed by atoms with E-state index in [1.165, 1.54) is 40.7 Å². The zero-order chi connectivity index (χ0) is 23.8. The minimum atomic E-state index is -4.65. The zero-order valence-corrected chi connectivity index (χ0v) is 18.3. The maximum Gasteiger partial charge on any atom is 0.417 e. The van der Waals surface area contributed by atoms with E-state index in [2.05, 4.69) is 4.98 Å². The van der Waals surface area contributed by atoms with Crippen LogP contribution in [0.4, 0.5) is 13.2 Å². The van der Waals surface area contributed by atoms with Crippen molar-refractivity contribution < 1.29 is 31.5 Å². The van der Waals surface area contributed by atoms with Gasteiger partial charge in [0.05, 0.1) is 27.2 Å². The van der Waals surface area contributed by atoms with Crippen LogP contribution in [-0.2, 0) is 16.2 Å². The van der Waals surface area contributed by atoms with Crippen molar-refractivity contribution in [2.75, 3.05) is 13.1 Å². The molecule has 1 saturated heterocycles. The second kappa shape index (κ2) is 8.75. The number of carboxylic acid groups (broad SMARTS) is 1. The first-order valence-corrected chi connectivity index (χ1v) is 11.9. The van der Waals surface area contributed by atoms with E-state index in [4.69, 9.17) is 0 Å². The highest BCUT2D eigenvalue weighted by Gasteiger charge is 2.34. The Labute approximate surface area is 188 Å². The Morgan fingerprint density at radius 3 is 2.27 bits per heavy atom. The van der Waals surface area contributed by atoms with Crippen molar-refractivity contribution in [2.45, 2.75) is 36.8 Å². The molecule has 2 aromatic carbocycles. The van der Waals surface area contributed by atoms with Gasteiger partial charge in [-0.2, -0.15) is 17.5 Å². The lowest BCUT2D eigenvalue weighted by molar-refractivity contribution is -0.137. The van der Waals surface area contributed by atoms with Gasteiger partial charge in [0.15, 0.2) is 0 Å². The van der Waals surface area contributed by atoms with E-state index < -0.39 is 27.7 Å². The Bertz CT molecular complexity index is 1320. The number of pyridine rings is 1. The van der Waals surface area contributed by atoms with Gasteiger partial charge in [0.1, 0.15) is 0 Å². The molecular formula is C23H21F3N2O4S. The molecule has 1 aromatic heterocycles. The largest absolute Gasteiger partial charge is 0.478 e. The normalized spacial score (nSPS) is 16.0. The number of carboxylic acids is 1. The highest BCUT2D eigenvalue weighted by molar-refractivity contribution is 7.89. The predicted molar refractivity (Wildman–Crippen MR) is 116 cm³/mol. The molecule has 6 nitrogen and oxygen atoms in total. The molecule has 0 bridgehead atoms. The summed E-state index contributed by atoms with van der Waals surface area (Å²) < 4.78 is 68.1. The predicted octanol–water partition coefficient (Wildman–Crippen LogP) is 5.18. The Balaban J connectivity index is 1.87. The van der Waals surface area contributed by atoms with Crippen molar-refractivity contribution in [3.8, 4) is 11.3 Å². The van der Waals surface area contributed by atoms with Crippen LogP contribution in [0.2, 0.25) is 0 Å². The molecule has 1 fully saturated rings. The van der Waals surface area contributed by atoms with Crippen molar-refractivity contribution in [3.63, 3.8) is 0 Å². The third kappa shape index (κ3) is 4.58. The number of aromatic carboxylic acids is 1. The number of benzene rings is 2. The topological polar surface area (TPSA) is 87.6 Å². The summed E-state index contributed by atoms with van der Waals surface area (Å²) in [6, 6.07) is 9.73. The SMILES string of the molecule is O=C(O)c1cc(-c2ccccc2C(F)(F)F)nc2ccc(S(=O)(=O)N3CCCCCC3)cc12. The Morgan fingerprint density at radius 1 is 0.970 bits per heavy atom. The van der Waals surface area contributed by atoms with E-state index in [9.17, 15) is 31.5 Å². The molecule has 0 unspecified atom stereocenters. The molecule has 1 aliphatic rings. The molecule has 174 valence electrons. The average Bonchev–Trinajstić information content (AvgIpc) is 3.07. The van der Waals surface area contributed by atoms with Gasteiger partial charge in [-0.05, 0) is 43.2 Å². The van der Waals surface area contributed by atoms with Crippen LogP contribution in [0.25, 0.3) is 22.2 Å². The quantitative estimate of drug-likeness (QED) is 0.558. The highest BCUT2D eigenvalue weighted by Crippen LogP contribution is 2.37. The number of carbonyl (C=O) groups is 1. The molecule has 33 heavy (non-hydrogen) atoms. The number of hydrogen-bond donors (Lipinski definition) is 1. The Hall–Kier alpha value is -2.98. The van der Waals surface area contributed by atoms with Crippen molar-refractivity contribution in [1.29, 1.82) is 0 Å². The van der Waals surface area contributed by atoms with Crippen molar-refractivity contribution in [1.82, 2.24) is 9.29 Å². The standard InChI is InChI=1S/C23H21F3N2O4S/c24-23(25,26)19-8-4-3-7-16(19)21-14-18(22(29)30)17-13-15(9-10-20(17)27-21)33(31,32)28-11-5-1-2-6-12-28/h3-4,7-10,13-14H,1-2,5-6,11-12H2,(H,29,30). The molecule has 1 N–H and O–H groups in total. The maximum absolute atomic E-state index is 13.5. The molecule has 0 spiro atoms. The molecular weight excluding hydrogens is 457 g/mol. The summed E-state index contributed by atoms with van der Waals surface area (Å²) >= 11 is 0. The van der Waals surface area contributed by atoms with E-state index >= 15 is 0 Å². The molecule has 0 saturated carbocycles. The number of fused-ring (bicyclic) bond motifs is 1. The number of nitrogens with zero attached hydrogens (tertiary/aromatic N) is 2. The minimum Gasteiger partial charge on any atom is -0.478 e. The number of rotatable bonds is 4. The van der Waals surface area contributed by atoms with Crippen LogP contribution in [0, 0.1) is 0 Å². The summed E-state index contributed by atoms with van der Waals surface area (Å²) in [6.45, 7) is 0.773. The number of hydrogen-bond acceptors (Lipinski definition) is 4. The summed E-state index contributed by atoms with van der Waals surface area (Å²) in [7, 11) is -3.84. The first kappa shape index (κ1) is 23.2. The zero-order valence-electron chi connectivity index (χ0n) is 17.5. The van der Waals surface area contributed by atoms with Crippen LogP contribution in [0.5, 0.6) is 0 Å². The second-order valence-electron chi connectivity index (χ2n) is 7.90. The Morgan fingerprint density at radius 2 is 1.64 bits per heavy atom. The summed E-state index contributed by atoms with van der Waals surface area (Å²) in [4.78, 5) is 16.2. The van der Waals surface area contributed by atoms with Crippen molar-refractivity contribution >= 4 is 26.9 Å². The number of aromatic nitrogens is 1. The third-order valence-corrected chi connectivity index (χ3v) is 7.62. The Kier molecular flexibility index (Phi) is 6.15. The van der Waals surface area contributed by atoms with Gasteiger partial charge in [-0.3, -0.25) is 0 Å². The van der Waals surface area contributed by atoms with Crippen LogP contribution in [-0.4, -0.2) is 41.9 Å². The van der Waals surface area contributed by atoms with Crippen molar-refractivity contribution in [3.05, 3.63) is 59.7 Å². The van der Waals surface area contributed by atoms with Crippen LogP contribution in [0.3, 0.4) is 0 Å². The number of alkyl halides is 3. The van der Waals surface area contributed by atoms with Gasteiger partial charge in [0, 0.05) is 24.0 Å². The molecule has 2 heterocycles. The minimum absolute atomic E-state index is 0.0478. The molecule has 4 rings (SSSR count). The van der Waals surface area contributed by atoms with Crippen LogP contribution >= 0.6 is 0 Å². The van der Waals surface area contributed by atoms with E-state index in [0.717, 1.165) is 37.8 Å². The van der Waals surface area contributed by atoms with Crippen LogP contribution in [0.1, 0.15) is 41.6 Å². The van der Waals surface area contributed by atoms with E-state index in [-0.39, 0.29) is 32.6 Å². The fourth-order valence-electron chi connectivity index (χ4n) is 4.07. The second-order valence-corrected chi connectivity index (χ2v) is 9.84. The van der Waals surface area contributed by atoms with Gasteiger partial charge in [0.2, 0.25) is 10.0 Å². The van der Waals surface area contributed by atoms with Gasteiger partial charge in [-0.25, -0.2) is 18.2 Å². The molecule has 3 aromatic rings. The lowest BCUT2D eigenvalue weighted by Gasteiger charge is -2.20. The van der Waals surface area contributed by atoms with E-state index in [0.29, 0.717) is 13.1 Å². The summed E-state index contributed by atoms with van der Waals surface area (Å²) in [6.07, 6.45) is -1.27. The first-order valence-electron chi connectivity index (χ1n) is 10.4. The molecule has 0 atom stereocenters. The van der Waals surface area contributed by atoms with E-state index in [1.807, 2.05) is 0 Å². The van der Waals surface area contributed by atoms with Crippen LogP contribution < -0.4 is 0 Å². The molecule has 0 amide bonds. The summed E-state index contributed by atoms with van der Waals surface area (Å²) in [5.41, 5.74) is -1.57. The molecule has 1 aliphatic heterocycles. The lowest BCUT2D eigenvalue weighted by Crippen LogP contribution is -2.31. The van der Waals surface area contributed by atoms with Gasteiger partial charge in [-0.1, -0.05) is 31.0 Å². The van der Waals surface area contributed by atoms with Gasteiger partial charge < -0.3 is 5.11 Å². The number of halogens is 3. The monoisotopic (exact) mass is 478 g/mol. The van der Waals surface area contributed by atoms with Gasteiger partial charge in [-0.15, -0.1) is 0 Å². The van der Waals surface area contributed by atoms with Gasteiger partial charge in [0.25, 0.3) is 0 Å². The smallest absolute Gasteiger partial charge is 0.417 e.